The molecule has 2 aromatic rings. The van der Waals surface area contributed by atoms with Crippen LogP contribution >= 0.6 is 12.2 Å². The monoisotopic (exact) mass is 352 g/mol. The van der Waals surface area contributed by atoms with E-state index in [1.807, 2.05) is 38.1 Å². The van der Waals surface area contributed by atoms with Crippen molar-refractivity contribution in [1.82, 2.24) is 5.32 Å². The molecule has 6 heteroatoms. The minimum absolute atomic E-state index is 0.0417. The van der Waals surface area contributed by atoms with Gasteiger partial charge in [0.25, 0.3) is 0 Å². The zero-order valence-electron chi connectivity index (χ0n) is 13.4. The maximum atomic E-state index is 12.6. The zero-order valence-corrected chi connectivity index (χ0v) is 14.3. The van der Waals surface area contributed by atoms with E-state index in [1.54, 1.807) is 0 Å². The van der Waals surface area contributed by atoms with Crippen molar-refractivity contribution in [3.8, 4) is 0 Å². The van der Waals surface area contributed by atoms with Gasteiger partial charge in [-0.2, -0.15) is 13.2 Å². The van der Waals surface area contributed by atoms with Gasteiger partial charge in [-0.05, 0) is 55.4 Å². The molecule has 1 unspecified atom stereocenters. The Hall–Kier alpha value is -2.08. The molecule has 1 atom stereocenters. The Balaban J connectivity index is 2.00. The number of nitrogens with one attached hydrogen (secondary N) is 2. The highest BCUT2D eigenvalue weighted by Gasteiger charge is 2.29. The van der Waals surface area contributed by atoms with Crippen LogP contribution in [-0.2, 0) is 6.18 Å². The summed E-state index contributed by atoms with van der Waals surface area (Å²) in [5.74, 6) is 0. The second-order valence-corrected chi connectivity index (χ2v) is 5.95. The first-order chi connectivity index (χ1) is 11.3. The van der Waals surface area contributed by atoms with Crippen LogP contribution in [0.2, 0.25) is 0 Å². The van der Waals surface area contributed by atoms with Crippen molar-refractivity contribution in [2.75, 3.05) is 5.32 Å². The number of rotatable bonds is 4. The zero-order chi connectivity index (χ0) is 17.7. The molecule has 2 nitrogen and oxygen atoms in total. The number of thiocarbonyl (C=S) groups is 1. The summed E-state index contributed by atoms with van der Waals surface area (Å²) < 4.78 is 37.7. The molecular formula is C18H19F3N2S. The van der Waals surface area contributed by atoms with E-state index in [9.17, 15) is 13.2 Å². The van der Waals surface area contributed by atoms with Crippen LogP contribution in [0.4, 0.5) is 18.9 Å². The lowest BCUT2D eigenvalue weighted by Crippen LogP contribution is -2.32. The Kier molecular flexibility index (Phi) is 5.83. The summed E-state index contributed by atoms with van der Waals surface area (Å²) in [6, 6.07) is 13.0. The summed E-state index contributed by atoms with van der Waals surface area (Å²) >= 11 is 5.27. The Morgan fingerprint density at radius 1 is 1.04 bits per heavy atom. The summed E-state index contributed by atoms with van der Waals surface area (Å²) in [4.78, 5) is 0. The van der Waals surface area contributed by atoms with E-state index in [-0.39, 0.29) is 6.04 Å². The highest BCUT2D eigenvalue weighted by molar-refractivity contribution is 7.80. The molecule has 2 rings (SSSR count). The molecule has 0 fully saturated rings. The first-order valence-electron chi connectivity index (χ1n) is 7.61. The maximum Gasteiger partial charge on any atom is 0.416 e. The molecule has 2 N–H and O–H groups in total. The van der Waals surface area contributed by atoms with Gasteiger partial charge in [0.05, 0.1) is 11.6 Å². The number of benzene rings is 2. The summed E-state index contributed by atoms with van der Waals surface area (Å²) in [6.07, 6.45) is -3.51. The molecule has 0 spiro atoms. The largest absolute Gasteiger partial charge is 0.416 e. The van der Waals surface area contributed by atoms with Crippen molar-refractivity contribution in [2.24, 2.45) is 0 Å². The van der Waals surface area contributed by atoms with Gasteiger partial charge in [0.15, 0.2) is 5.11 Å². The van der Waals surface area contributed by atoms with Gasteiger partial charge in [-0.1, -0.05) is 36.8 Å². The molecule has 0 aliphatic carbocycles. The van der Waals surface area contributed by atoms with E-state index >= 15 is 0 Å². The summed E-state index contributed by atoms with van der Waals surface area (Å²) in [5.41, 5.74) is 2.12. The second kappa shape index (κ2) is 7.66. The van der Waals surface area contributed by atoms with E-state index in [0.717, 1.165) is 24.1 Å². The molecule has 0 saturated heterocycles. The average molecular weight is 352 g/mol. The van der Waals surface area contributed by atoms with Crippen molar-refractivity contribution in [3.63, 3.8) is 0 Å². The van der Waals surface area contributed by atoms with Crippen molar-refractivity contribution < 1.29 is 13.2 Å². The van der Waals surface area contributed by atoms with Crippen molar-refractivity contribution >= 4 is 23.0 Å². The van der Waals surface area contributed by atoms with E-state index < -0.39 is 11.7 Å². The van der Waals surface area contributed by atoms with Crippen molar-refractivity contribution in [3.05, 3.63) is 65.2 Å². The third kappa shape index (κ3) is 4.96. The molecule has 0 heterocycles. The lowest BCUT2D eigenvalue weighted by molar-refractivity contribution is -0.137. The third-order valence-electron chi connectivity index (χ3n) is 3.66. The molecule has 0 aliphatic heterocycles. The van der Waals surface area contributed by atoms with Crippen LogP contribution in [0, 0.1) is 6.92 Å². The second-order valence-electron chi connectivity index (χ2n) is 5.55. The number of anilines is 1. The van der Waals surface area contributed by atoms with Crippen LogP contribution < -0.4 is 10.6 Å². The van der Waals surface area contributed by atoms with E-state index in [4.69, 9.17) is 12.2 Å². The number of hydrogen-bond acceptors (Lipinski definition) is 1. The summed E-state index contributed by atoms with van der Waals surface area (Å²) in [6.45, 7) is 4.06. The molecule has 0 saturated carbocycles. The maximum absolute atomic E-state index is 12.6. The molecule has 0 amide bonds. The average Bonchev–Trinajstić information content (AvgIpc) is 2.53. The van der Waals surface area contributed by atoms with Gasteiger partial charge in [-0.25, -0.2) is 0 Å². The Bertz CT molecular complexity index is 679. The van der Waals surface area contributed by atoms with E-state index in [2.05, 4.69) is 10.6 Å². The van der Waals surface area contributed by atoms with Crippen LogP contribution in [0.3, 0.4) is 0 Å². The SMILES string of the molecule is CCC(NC(=S)Nc1ccc(C(F)(F)F)cc1)c1ccc(C)cc1. The molecule has 0 aliphatic rings. The van der Waals surface area contributed by atoms with Gasteiger partial charge >= 0.3 is 6.18 Å². The van der Waals surface area contributed by atoms with Crippen LogP contribution in [0.1, 0.15) is 36.1 Å². The first-order valence-corrected chi connectivity index (χ1v) is 8.01. The predicted molar refractivity (Wildman–Crippen MR) is 95.0 cm³/mol. The molecule has 0 aromatic heterocycles. The quantitative estimate of drug-likeness (QED) is 0.715. The minimum atomic E-state index is -4.34. The van der Waals surface area contributed by atoms with Crippen LogP contribution in [0.15, 0.2) is 48.5 Å². The number of hydrogen-bond donors (Lipinski definition) is 2. The smallest absolute Gasteiger partial charge is 0.356 e. The van der Waals surface area contributed by atoms with E-state index in [1.165, 1.54) is 17.7 Å². The van der Waals surface area contributed by atoms with Crippen molar-refractivity contribution in [1.29, 1.82) is 0 Å². The molecular weight excluding hydrogens is 333 g/mol. The number of aryl methyl sites for hydroxylation is 1. The van der Waals surface area contributed by atoms with Crippen LogP contribution in [-0.4, -0.2) is 5.11 Å². The topological polar surface area (TPSA) is 24.1 Å². The Morgan fingerprint density at radius 2 is 1.62 bits per heavy atom. The predicted octanol–water partition coefficient (Wildman–Crippen LogP) is 5.45. The molecule has 2 aromatic carbocycles. The summed E-state index contributed by atoms with van der Waals surface area (Å²) in [5, 5.41) is 6.49. The van der Waals surface area contributed by atoms with Gasteiger partial charge in [0.1, 0.15) is 0 Å². The number of halogens is 3. The first kappa shape index (κ1) is 18.3. The Labute approximate surface area is 145 Å². The number of alkyl halides is 3. The highest BCUT2D eigenvalue weighted by Crippen LogP contribution is 2.29. The Morgan fingerprint density at radius 3 is 2.12 bits per heavy atom. The van der Waals surface area contributed by atoms with Gasteiger partial charge in [0.2, 0.25) is 0 Å². The van der Waals surface area contributed by atoms with Crippen LogP contribution in [0.25, 0.3) is 0 Å². The summed E-state index contributed by atoms with van der Waals surface area (Å²) in [7, 11) is 0. The fraction of sp³-hybridized carbons (Fsp3) is 0.278. The lowest BCUT2D eigenvalue weighted by Gasteiger charge is -2.20. The standard InChI is InChI=1S/C18H19F3N2S/c1-3-16(13-6-4-12(2)5-7-13)23-17(24)22-15-10-8-14(9-11-15)18(19,20)21/h4-11,16H,3H2,1-2H3,(H2,22,23,24). The van der Waals surface area contributed by atoms with E-state index in [0.29, 0.717) is 10.8 Å². The molecule has 128 valence electrons. The fourth-order valence-corrected chi connectivity index (χ4v) is 2.55. The minimum Gasteiger partial charge on any atom is -0.356 e. The van der Waals surface area contributed by atoms with Crippen LogP contribution in [0.5, 0.6) is 0 Å². The molecule has 24 heavy (non-hydrogen) atoms. The van der Waals surface area contributed by atoms with Gasteiger partial charge in [0, 0.05) is 5.69 Å². The lowest BCUT2D eigenvalue weighted by atomic mass is 10.0. The van der Waals surface area contributed by atoms with Gasteiger partial charge in [-0.3, -0.25) is 0 Å². The molecule has 0 radical (unpaired) electrons. The van der Waals surface area contributed by atoms with Crippen molar-refractivity contribution in [2.45, 2.75) is 32.5 Å². The van der Waals surface area contributed by atoms with Gasteiger partial charge in [-0.15, -0.1) is 0 Å². The fourth-order valence-electron chi connectivity index (χ4n) is 2.29. The van der Waals surface area contributed by atoms with Gasteiger partial charge < -0.3 is 10.6 Å². The highest BCUT2D eigenvalue weighted by atomic mass is 32.1. The normalized spacial score (nSPS) is 12.5. The third-order valence-corrected chi connectivity index (χ3v) is 3.88. The molecule has 0 bridgehead atoms.